The number of hydrogen-bond donors (Lipinski definition) is 1. The molecule has 1 saturated carbocycles. The van der Waals surface area contributed by atoms with Crippen LogP contribution in [0.3, 0.4) is 0 Å². The van der Waals surface area contributed by atoms with Gasteiger partial charge in [-0.25, -0.2) is 0 Å². The maximum absolute atomic E-state index is 5.46. The maximum Gasteiger partial charge on any atom is 0.127 e. The number of ether oxygens (including phenoxy) is 2. The second-order valence-electron chi connectivity index (χ2n) is 6.06. The molecule has 0 aromatic heterocycles. The fourth-order valence-corrected chi connectivity index (χ4v) is 3.06. The van der Waals surface area contributed by atoms with Gasteiger partial charge in [-0.15, -0.1) is 0 Å². The van der Waals surface area contributed by atoms with Crippen LogP contribution >= 0.6 is 0 Å². The van der Waals surface area contributed by atoms with Crippen LogP contribution in [0.5, 0.6) is 11.5 Å². The summed E-state index contributed by atoms with van der Waals surface area (Å²) in [5.41, 5.74) is 1.19. The Morgan fingerprint density at radius 1 is 1.15 bits per heavy atom. The van der Waals surface area contributed by atoms with Crippen molar-refractivity contribution in [2.75, 3.05) is 14.2 Å². The largest absolute Gasteiger partial charge is 0.497 e. The third-order valence-electron chi connectivity index (χ3n) is 4.51. The number of nitrogens with one attached hydrogen (secondary N) is 1. The predicted molar refractivity (Wildman–Crippen MR) is 82.4 cm³/mol. The van der Waals surface area contributed by atoms with Crippen LogP contribution in [0.2, 0.25) is 0 Å². The molecule has 0 bridgehead atoms. The molecule has 0 radical (unpaired) electrons. The molecular formula is C17H27NO2. The molecular weight excluding hydrogens is 250 g/mol. The summed E-state index contributed by atoms with van der Waals surface area (Å²) in [5, 5.41) is 3.71. The standard InChI is InChI=1S/C17H27NO2/c1-12-5-6-13(2)16(9-12)18-11-14-7-8-15(19-3)10-17(14)20-4/h7-8,10,12-13,16,18H,5-6,9,11H2,1-4H3. The molecule has 112 valence electrons. The van der Waals surface area contributed by atoms with Crippen LogP contribution in [0.15, 0.2) is 18.2 Å². The lowest BCUT2D eigenvalue weighted by molar-refractivity contribution is 0.227. The zero-order valence-electron chi connectivity index (χ0n) is 13.1. The highest BCUT2D eigenvalue weighted by atomic mass is 16.5. The molecule has 0 spiro atoms. The van der Waals surface area contributed by atoms with Gasteiger partial charge in [0.1, 0.15) is 11.5 Å². The van der Waals surface area contributed by atoms with Crippen molar-refractivity contribution in [2.24, 2.45) is 11.8 Å². The fourth-order valence-electron chi connectivity index (χ4n) is 3.06. The van der Waals surface area contributed by atoms with Gasteiger partial charge < -0.3 is 14.8 Å². The number of rotatable bonds is 5. The molecule has 2 rings (SSSR count). The monoisotopic (exact) mass is 277 g/mol. The molecule has 0 heterocycles. The Morgan fingerprint density at radius 2 is 1.95 bits per heavy atom. The third-order valence-corrected chi connectivity index (χ3v) is 4.51. The summed E-state index contributed by atoms with van der Waals surface area (Å²) in [5.74, 6) is 3.33. The Bertz CT molecular complexity index is 433. The molecule has 1 aromatic carbocycles. The minimum absolute atomic E-state index is 0.616. The molecule has 3 nitrogen and oxygen atoms in total. The lowest BCUT2D eigenvalue weighted by atomic mass is 9.80. The molecule has 1 aromatic rings. The minimum Gasteiger partial charge on any atom is -0.497 e. The summed E-state index contributed by atoms with van der Waals surface area (Å²) in [6, 6.07) is 6.64. The molecule has 0 amide bonds. The first kappa shape index (κ1) is 15.2. The summed E-state index contributed by atoms with van der Waals surface area (Å²) in [7, 11) is 3.39. The third kappa shape index (κ3) is 3.66. The van der Waals surface area contributed by atoms with E-state index < -0.39 is 0 Å². The van der Waals surface area contributed by atoms with E-state index in [1.54, 1.807) is 14.2 Å². The Hall–Kier alpha value is -1.22. The van der Waals surface area contributed by atoms with E-state index in [0.717, 1.165) is 29.9 Å². The zero-order chi connectivity index (χ0) is 14.5. The average molecular weight is 277 g/mol. The molecule has 1 N–H and O–H groups in total. The normalized spacial score (nSPS) is 26.3. The molecule has 1 aliphatic rings. The summed E-state index contributed by atoms with van der Waals surface area (Å²) in [4.78, 5) is 0. The molecule has 3 heteroatoms. The number of hydrogen-bond acceptors (Lipinski definition) is 3. The van der Waals surface area contributed by atoms with Gasteiger partial charge in [0.05, 0.1) is 14.2 Å². The van der Waals surface area contributed by atoms with Gasteiger partial charge in [-0.1, -0.05) is 26.3 Å². The molecule has 0 aliphatic heterocycles. The molecule has 3 unspecified atom stereocenters. The second kappa shape index (κ2) is 6.98. The van der Waals surface area contributed by atoms with Crippen molar-refractivity contribution in [3.63, 3.8) is 0 Å². The van der Waals surface area contributed by atoms with Crippen LogP contribution < -0.4 is 14.8 Å². The summed E-state index contributed by atoms with van der Waals surface area (Å²) in [6.45, 7) is 5.57. The van der Waals surface area contributed by atoms with Crippen molar-refractivity contribution in [3.05, 3.63) is 23.8 Å². The van der Waals surface area contributed by atoms with Crippen LogP contribution in [0, 0.1) is 11.8 Å². The van der Waals surface area contributed by atoms with Crippen LogP contribution in [-0.2, 0) is 6.54 Å². The van der Waals surface area contributed by atoms with E-state index in [4.69, 9.17) is 9.47 Å². The van der Waals surface area contributed by atoms with E-state index in [9.17, 15) is 0 Å². The van der Waals surface area contributed by atoms with Gasteiger partial charge in [0.25, 0.3) is 0 Å². The van der Waals surface area contributed by atoms with Gasteiger partial charge in [-0.05, 0) is 30.7 Å². The predicted octanol–water partition coefficient (Wildman–Crippen LogP) is 3.62. The van der Waals surface area contributed by atoms with Crippen molar-refractivity contribution < 1.29 is 9.47 Å². The average Bonchev–Trinajstić information content (AvgIpc) is 2.48. The van der Waals surface area contributed by atoms with E-state index >= 15 is 0 Å². The molecule has 1 fully saturated rings. The van der Waals surface area contributed by atoms with Crippen LogP contribution in [0.25, 0.3) is 0 Å². The summed E-state index contributed by atoms with van der Waals surface area (Å²) < 4.78 is 10.7. The van der Waals surface area contributed by atoms with Gasteiger partial charge in [-0.2, -0.15) is 0 Å². The van der Waals surface area contributed by atoms with Gasteiger partial charge in [0.2, 0.25) is 0 Å². The van der Waals surface area contributed by atoms with E-state index in [2.05, 4.69) is 25.2 Å². The highest BCUT2D eigenvalue weighted by molar-refractivity contribution is 5.40. The van der Waals surface area contributed by atoms with Crippen molar-refractivity contribution >= 4 is 0 Å². The highest BCUT2D eigenvalue weighted by Gasteiger charge is 2.25. The zero-order valence-corrected chi connectivity index (χ0v) is 13.1. The van der Waals surface area contributed by atoms with Crippen molar-refractivity contribution in [1.82, 2.24) is 5.32 Å². The van der Waals surface area contributed by atoms with E-state index in [1.807, 2.05) is 12.1 Å². The van der Waals surface area contributed by atoms with E-state index in [1.165, 1.54) is 24.8 Å². The number of benzene rings is 1. The number of methoxy groups -OCH3 is 2. The van der Waals surface area contributed by atoms with Gasteiger partial charge in [0.15, 0.2) is 0 Å². The first-order valence-corrected chi connectivity index (χ1v) is 7.58. The quantitative estimate of drug-likeness (QED) is 0.891. The lowest BCUT2D eigenvalue weighted by Crippen LogP contribution is -2.39. The summed E-state index contributed by atoms with van der Waals surface area (Å²) >= 11 is 0. The lowest BCUT2D eigenvalue weighted by Gasteiger charge is -2.33. The minimum atomic E-state index is 0.616. The van der Waals surface area contributed by atoms with Gasteiger partial charge >= 0.3 is 0 Å². The SMILES string of the molecule is COc1ccc(CNC2CC(C)CCC2C)c(OC)c1. The molecule has 20 heavy (non-hydrogen) atoms. The van der Waals surface area contributed by atoms with Gasteiger partial charge in [0, 0.05) is 24.2 Å². The topological polar surface area (TPSA) is 30.5 Å². The van der Waals surface area contributed by atoms with E-state index in [-0.39, 0.29) is 0 Å². The van der Waals surface area contributed by atoms with E-state index in [0.29, 0.717) is 6.04 Å². The van der Waals surface area contributed by atoms with Crippen molar-refractivity contribution in [1.29, 1.82) is 0 Å². The molecule has 1 aliphatic carbocycles. The Balaban J connectivity index is 1.99. The first-order chi connectivity index (χ1) is 9.63. The molecule has 0 saturated heterocycles. The van der Waals surface area contributed by atoms with Crippen molar-refractivity contribution in [3.8, 4) is 11.5 Å². The molecule has 3 atom stereocenters. The van der Waals surface area contributed by atoms with Crippen LogP contribution in [0.4, 0.5) is 0 Å². The summed E-state index contributed by atoms with van der Waals surface area (Å²) in [6.07, 6.45) is 3.98. The Morgan fingerprint density at radius 3 is 2.65 bits per heavy atom. The maximum atomic E-state index is 5.46. The van der Waals surface area contributed by atoms with Crippen LogP contribution in [0.1, 0.15) is 38.7 Å². The highest BCUT2D eigenvalue weighted by Crippen LogP contribution is 2.29. The first-order valence-electron chi connectivity index (χ1n) is 7.58. The smallest absolute Gasteiger partial charge is 0.127 e. The Labute approximate surface area is 122 Å². The van der Waals surface area contributed by atoms with Crippen LogP contribution in [-0.4, -0.2) is 20.3 Å². The second-order valence-corrected chi connectivity index (χ2v) is 6.06. The fraction of sp³-hybridized carbons (Fsp3) is 0.647. The van der Waals surface area contributed by atoms with Gasteiger partial charge in [-0.3, -0.25) is 0 Å². The van der Waals surface area contributed by atoms with Crippen molar-refractivity contribution in [2.45, 2.75) is 45.7 Å². The Kier molecular flexibility index (Phi) is 5.30.